The summed E-state index contributed by atoms with van der Waals surface area (Å²) in [6, 6.07) is 19.7. The van der Waals surface area contributed by atoms with Gasteiger partial charge in [-0.3, -0.25) is 14.4 Å². The minimum Gasteiger partial charge on any atom is -0.366 e. The third kappa shape index (κ3) is 4.55. The Hall–Kier alpha value is -3.64. The smallest absolute Gasteiger partial charge is 0.255 e. The molecule has 7 heteroatoms. The SMILES string of the molecule is NC(=O)c1ccc(NC(=O)c2ccc(NC(=O)c3ccccc3)cc2)cc1Cl. The summed E-state index contributed by atoms with van der Waals surface area (Å²) < 4.78 is 0. The summed E-state index contributed by atoms with van der Waals surface area (Å²) in [5.41, 5.74) is 7.32. The number of hydrogen-bond acceptors (Lipinski definition) is 3. The van der Waals surface area contributed by atoms with Crippen LogP contribution >= 0.6 is 11.6 Å². The van der Waals surface area contributed by atoms with Gasteiger partial charge in [-0.25, -0.2) is 0 Å². The number of amides is 3. The van der Waals surface area contributed by atoms with Gasteiger partial charge in [-0.1, -0.05) is 29.8 Å². The van der Waals surface area contributed by atoms with Crippen LogP contribution in [0.4, 0.5) is 11.4 Å². The van der Waals surface area contributed by atoms with Crippen LogP contribution in [0.2, 0.25) is 5.02 Å². The molecule has 3 aromatic carbocycles. The Labute approximate surface area is 166 Å². The molecule has 3 rings (SSSR count). The van der Waals surface area contributed by atoms with Crippen molar-refractivity contribution >= 4 is 40.7 Å². The molecule has 3 aromatic rings. The van der Waals surface area contributed by atoms with Crippen molar-refractivity contribution in [1.29, 1.82) is 0 Å². The lowest BCUT2D eigenvalue weighted by atomic mass is 10.1. The van der Waals surface area contributed by atoms with Gasteiger partial charge < -0.3 is 16.4 Å². The van der Waals surface area contributed by atoms with Gasteiger partial charge in [0.15, 0.2) is 0 Å². The topological polar surface area (TPSA) is 101 Å². The Morgan fingerprint density at radius 3 is 1.82 bits per heavy atom. The second kappa shape index (κ2) is 8.37. The van der Waals surface area contributed by atoms with Crippen LogP contribution in [0.3, 0.4) is 0 Å². The lowest BCUT2D eigenvalue weighted by Gasteiger charge is -2.09. The lowest BCUT2D eigenvalue weighted by Crippen LogP contribution is -2.14. The fourth-order valence-electron chi connectivity index (χ4n) is 2.49. The molecular formula is C21H16ClN3O3. The van der Waals surface area contributed by atoms with Gasteiger partial charge in [0.2, 0.25) is 5.91 Å². The minimum atomic E-state index is -0.643. The predicted molar refractivity (Wildman–Crippen MR) is 109 cm³/mol. The number of anilines is 2. The van der Waals surface area contributed by atoms with E-state index in [0.29, 0.717) is 22.5 Å². The molecule has 140 valence electrons. The van der Waals surface area contributed by atoms with E-state index >= 15 is 0 Å². The van der Waals surface area contributed by atoms with Crippen molar-refractivity contribution in [2.45, 2.75) is 0 Å². The molecule has 0 atom stereocenters. The molecule has 0 saturated heterocycles. The first-order valence-electron chi connectivity index (χ1n) is 8.31. The number of carbonyl (C=O) groups is 3. The standard InChI is InChI=1S/C21H16ClN3O3/c22-18-12-16(10-11-17(18)19(23)26)25-21(28)14-6-8-15(9-7-14)24-20(27)13-4-2-1-3-5-13/h1-12H,(H2,23,26)(H,24,27)(H,25,28). The molecule has 0 radical (unpaired) electrons. The van der Waals surface area contributed by atoms with Crippen molar-refractivity contribution in [1.82, 2.24) is 0 Å². The molecule has 0 aliphatic heterocycles. The number of hydrogen-bond donors (Lipinski definition) is 3. The maximum Gasteiger partial charge on any atom is 0.255 e. The van der Waals surface area contributed by atoms with Crippen molar-refractivity contribution in [2.75, 3.05) is 10.6 Å². The number of primary amides is 1. The zero-order chi connectivity index (χ0) is 20.1. The third-order valence-corrected chi connectivity index (χ3v) is 4.25. The molecule has 0 aliphatic carbocycles. The van der Waals surface area contributed by atoms with Crippen molar-refractivity contribution < 1.29 is 14.4 Å². The van der Waals surface area contributed by atoms with Crippen LogP contribution in [0.5, 0.6) is 0 Å². The van der Waals surface area contributed by atoms with Gasteiger partial charge in [-0.05, 0) is 54.6 Å². The Balaban J connectivity index is 1.66. The van der Waals surface area contributed by atoms with E-state index < -0.39 is 5.91 Å². The highest BCUT2D eigenvalue weighted by molar-refractivity contribution is 6.34. The molecule has 0 unspecified atom stereocenters. The van der Waals surface area contributed by atoms with Gasteiger partial charge in [-0.15, -0.1) is 0 Å². The van der Waals surface area contributed by atoms with E-state index in [-0.39, 0.29) is 22.4 Å². The van der Waals surface area contributed by atoms with Gasteiger partial charge >= 0.3 is 0 Å². The monoisotopic (exact) mass is 393 g/mol. The van der Waals surface area contributed by atoms with E-state index in [4.69, 9.17) is 17.3 Å². The highest BCUT2D eigenvalue weighted by atomic mass is 35.5. The number of nitrogens with two attached hydrogens (primary N) is 1. The van der Waals surface area contributed by atoms with E-state index in [1.165, 1.54) is 12.1 Å². The molecule has 3 amide bonds. The maximum absolute atomic E-state index is 12.4. The second-order valence-corrected chi connectivity index (χ2v) is 6.32. The third-order valence-electron chi connectivity index (χ3n) is 3.93. The highest BCUT2D eigenvalue weighted by Crippen LogP contribution is 2.21. The first-order valence-corrected chi connectivity index (χ1v) is 8.69. The first-order chi connectivity index (χ1) is 13.4. The van der Waals surface area contributed by atoms with Crippen LogP contribution < -0.4 is 16.4 Å². The van der Waals surface area contributed by atoms with Crippen LogP contribution in [-0.4, -0.2) is 17.7 Å². The largest absolute Gasteiger partial charge is 0.366 e. The highest BCUT2D eigenvalue weighted by Gasteiger charge is 2.11. The summed E-state index contributed by atoms with van der Waals surface area (Å²) in [5, 5.41) is 5.61. The van der Waals surface area contributed by atoms with Crippen molar-refractivity contribution in [3.05, 3.63) is 94.5 Å². The van der Waals surface area contributed by atoms with Crippen LogP contribution in [0.15, 0.2) is 72.8 Å². The zero-order valence-electron chi connectivity index (χ0n) is 14.6. The van der Waals surface area contributed by atoms with E-state index in [9.17, 15) is 14.4 Å². The molecule has 28 heavy (non-hydrogen) atoms. The molecule has 0 fully saturated rings. The number of halogens is 1. The van der Waals surface area contributed by atoms with Crippen molar-refractivity contribution in [2.24, 2.45) is 5.73 Å². The number of rotatable bonds is 5. The summed E-state index contributed by atoms with van der Waals surface area (Å²) >= 11 is 5.98. The molecule has 0 aromatic heterocycles. The number of nitrogens with one attached hydrogen (secondary N) is 2. The average molecular weight is 394 g/mol. The fourth-order valence-corrected chi connectivity index (χ4v) is 2.77. The molecule has 0 heterocycles. The molecule has 0 bridgehead atoms. The molecular weight excluding hydrogens is 378 g/mol. The average Bonchev–Trinajstić information content (AvgIpc) is 2.69. The molecule has 4 N–H and O–H groups in total. The number of carbonyl (C=O) groups excluding carboxylic acids is 3. The van der Waals surface area contributed by atoms with Gasteiger partial charge in [0.05, 0.1) is 10.6 Å². The van der Waals surface area contributed by atoms with Gasteiger partial charge in [-0.2, -0.15) is 0 Å². The summed E-state index contributed by atoms with van der Waals surface area (Å²) in [6.45, 7) is 0. The molecule has 6 nitrogen and oxygen atoms in total. The summed E-state index contributed by atoms with van der Waals surface area (Å²) in [4.78, 5) is 35.7. The fraction of sp³-hybridized carbons (Fsp3) is 0. The minimum absolute atomic E-state index is 0.157. The lowest BCUT2D eigenvalue weighted by molar-refractivity contribution is 0.0996. The van der Waals surface area contributed by atoms with Crippen molar-refractivity contribution in [3.63, 3.8) is 0 Å². The Kier molecular flexibility index (Phi) is 5.72. The van der Waals surface area contributed by atoms with Gasteiger partial charge in [0.1, 0.15) is 0 Å². The quantitative estimate of drug-likeness (QED) is 0.611. The van der Waals surface area contributed by atoms with Crippen molar-refractivity contribution in [3.8, 4) is 0 Å². The van der Waals surface area contributed by atoms with Crippen LogP contribution in [0.1, 0.15) is 31.1 Å². The van der Waals surface area contributed by atoms with E-state index in [1.807, 2.05) is 6.07 Å². The van der Waals surface area contributed by atoms with Gasteiger partial charge in [0, 0.05) is 22.5 Å². The van der Waals surface area contributed by atoms with Crippen LogP contribution in [0, 0.1) is 0 Å². The molecule has 0 spiro atoms. The predicted octanol–water partition coefficient (Wildman–Crippen LogP) is 3.94. The van der Waals surface area contributed by atoms with Crippen LogP contribution in [0.25, 0.3) is 0 Å². The summed E-state index contributed by atoms with van der Waals surface area (Å²) in [7, 11) is 0. The maximum atomic E-state index is 12.4. The van der Waals surface area contributed by atoms with E-state index in [1.54, 1.807) is 54.6 Å². The second-order valence-electron chi connectivity index (χ2n) is 5.91. The van der Waals surface area contributed by atoms with E-state index in [2.05, 4.69) is 10.6 Å². The van der Waals surface area contributed by atoms with E-state index in [0.717, 1.165) is 0 Å². The van der Waals surface area contributed by atoms with Gasteiger partial charge in [0.25, 0.3) is 11.8 Å². The Morgan fingerprint density at radius 2 is 1.25 bits per heavy atom. The first kappa shape index (κ1) is 19.1. The Morgan fingerprint density at radius 1 is 0.714 bits per heavy atom. The zero-order valence-corrected chi connectivity index (χ0v) is 15.4. The molecule has 0 aliphatic rings. The summed E-state index contributed by atoms with van der Waals surface area (Å²) in [6.07, 6.45) is 0. The van der Waals surface area contributed by atoms with Crippen LogP contribution in [-0.2, 0) is 0 Å². The Bertz CT molecular complexity index is 1030. The number of benzene rings is 3. The summed E-state index contributed by atoms with van der Waals surface area (Å²) in [5.74, 6) is -1.23. The normalized spacial score (nSPS) is 10.2. The molecule has 0 saturated carbocycles.